The SMILES string of the molecule is CC(C)(C)NC(=O)Nc1nn(-c2ccc(Cl)cc2)c(=O)c2ccccc12. The van der Waals surface area contributed by atoms with Gasteiger partial charge in [0, 0.05) is 15.9 Å². The van der Waals surface area contributed by atoms with Gasteiger partial charge >= 0.3 is 6.03 Å². The van der Waals surface area contributed by atoms with Gasteiger partial charge in [-0.15, -0.1) is 5.10 Å². The highest BCUT2D eigenvalue weighted by Gasteiger charge is 2.17. The molecule has 0 atom stereocenters. The standard InChI is InChI=1S/C19H19ClN4O2/c1-19(2,3)22-18(26)21-16-14-6-4-5-7-15(14)17(25)24(23-16)13-10-8-12(20)9-11-13/h4-11H,1-3H3,(H2,21,22,23,26). The van der Waals surface area contributed by atoms with Crippen LogP contribution in [0, 0.1) is 0 Å². The molecule has 134 valence electrons. The van der Waals surface area contributed by atoms with E-state index in [1.807, 2.05) is 20.8 Å². The molecule has 2 aromatic carbocycles. The van der Waals surface area contributed by atoms with E-state index >= 15 is 0 Å². The van der Waals surface area contributed by atoms with Crippen LogP contribution >= 0.6 is 11.6 Å². The van der Waals surface area contributed by atoms with Crippen LogP contribution in [0.3, 0.4) is 0 Å². The molecule has 0 radical (unpaired) electrons. The number of hydrogen-bond acceptors (Lipinski definition) is 3. The number of carbonyl (C=O) groups is 1. The van der Waals surface area contributed by atoms with E-state index in [4.69, 9.17) is 11.6 Å². The Labute approximate surface area is 155 Å². The van der Waals surface area contributed by atoms with E-state index in [1.165, 1.54) is 4.68 Å². The van der Waals surface area contributed by atoms with Gasteiger partial charge in [-0.3, -0.25) is 10.1 Å². The Balaban J connectivity index is 2.13. The van der Waals surface area contributed by atoms with E-state index in [-0.39, 0.29) is 5.56 Å². The van der Waals surface area contributed by atoms with E-state index in [0.717, 1.165) is 0 Å². The van der Waals surface area contributed by atoms with Gasteiger partial charge in [0.15, 0.2) is 5.82 Å². The molecule has 26 heavy (non-hydrogen) atoms. The van der Waals surface area contributed by atoms with E-state index in [9.17, 15) is 9.59 Å². The molecule has 3 aromatic rings. The smallest absolute Gasteiger partial charge is 0.320 e. The lowest BCUT2D eigenvalue weighted by molar-refractivity contribution is 0.243. The van der Waals surface area contributed by atoms with E-state index < -0.39 is 11.6 Å². The average Bonchev–Trinajstić information content (AvgIpc) is 2.57. The highest BCUT2D eigenvalue weighted by Crippen LogP contribution is 2.20. The molecule has 0 aliphatic carbocycles. The normalized spacial score (nSPS) is 11.4. The number of halogens is 1. The maximum atomic E-state index is 12.8. The van der Waals surface area contributed by atoms with Crippen LogP contribution in [0.1, 0.15) is 20.8 Å². The van der Waals surface area contributed by atoms with Gasteiger partial charge in [0.25, 0.3) is 5.56 Å². The second kappa shape index (κ2) is 6.80. The Morgan fingerprint density at radius 1 is 1.04 bits per heavy atom. The molecule has 2 amide bonds. The number of fused-ring (bicyclic) bond motifs is 1. The summed E-state index contributed by atoms with van der Waals surface area (Å²) in [6, 6.07) is 13.4. The Bertz CT molecular complexity index is 1020. The van der Waals surface area contributed by atoms with Crippen molar-refractivity contribution in [3.8, 4) is 5.69 Å². The fourth-order valence-corrected chi connectivity index (χ4v) is 2.64. The highest BCUT2D eigenvalue weighted by molar-refractivity contribution is 6.30. The van der Waals surface area contributed by atoms with E-state index in [0.29, 0.717) is 27.3 Å². The van der Waals surface area contributed by atoms with Crippen LogP contribution in [0.5, 0.6) is 0 Å². The minimum atomic E-state index is -0.398. The van der Waals surface area contributed by atoms with Crippen LogP contribution in [0.25, 0.3) is 16.5 Å². The number of amides is 2. The molecular weight excluding hydrogens is 352 g/mol. The second-order valence-corrected chi connectivity index (χ2v) is 7.35. The number of rotatable bonds is 2. The van der Waals surface area contributed by atoms with Gasteiger partial charge in [0.1, 0.15) is 0 Å². The number of aromatic nitrogens is 2. The lowest BCUT2D eigenvalue weighted by atomic mass is 10.1. The summed E-state index contributed by atoms with van der Waals surface area (Å²) in [6.07, 6.45) is 0. The van der Waals surface area contributed by atoms with Crippen molar-refractivity contribution in [1.82, 2.24) is 15.1 Å². The number of nitrogens with one attached hydrogen (secondary N) is 2. The van der Waals surface area contributed by atoms with Crippen molar-refractivity contribution in [3.63, 3.8) is 0 Å². The van der Waals surface area contributed by atoms with Gasteiger partial charge in [-0.2, -0.15) is 4.68 Å². The second-order valence-electron chi connectivity index (χ2n) is 6.92. The minimum Gasteiger partial charge on any atom is -0.333 e. The number of anilines is 1. The van der Waals surface area contributed by atoms with Crippen molar-refractivity contribution in [2.75, 3.05) is 5.32 Å². The van der Waals surface area contributed by atoms with Gasteiger partial charge in [0.2, 0.25) is 0 Å². The van der Waals surface area contributed by atoms with Crippen LogP contribution in [-0.2, 0) is 0 Å². The molecule has 0 aliphatic rings. The predicted octanol–water partition coefficient (Wildman–Crippen LogP) is 3.96. The summed E-state index contributed by atoms with van der Waals surface area (Å²) in [6.45, 7) is 5.65. The summed E-state index contributed by atoms with van der Waals surface area (Å²) >= 11 is 5.92. The zero-order valence-electron chi connectivity index (χ0n) is 14.7. The van der Waals surface area contributed by atoms with Gasteiger partial charge in [-0.1, -0.05) is 29.8 Å². The maximum absolute atomic E-state index is 12.8. The first kappa shape index (κ1) is 17.9. The first-order chi connectivity index (χ1) is 12.2. The summed E-state index contributed by atoms with van der Waals surface area (Å²) in [5.41, 5.74) is -0.112. The summed E-state index contributed by atoms with van der Waals surface area (Å²) < 4.78 is 1.26. The van der Waals surface area contributed by atoms with Crippen molar-refractivity contribution in [1.29, 1.82) is 0 Å². The molecule has 0 fully saturated rings. The molecule has 3 rings (SSSR count). The Morgan fingerprint density at radius 2 is 1.65 bits per heavy atom. The number of nitrogens with zero attached hydrogens (tertiary/aromatic N) is 2. The zero-order chi connectivity index (χ0) is 18.9. The number of hydrogen-bond donors (Lipinski definition) is 2. The van der Waals surface area contributed by atoms with Crippen LogP contribution < -0.4 is 16.2 Å². The van der Waals surface area contributed by atoms with Crippen molar-refractivity contribution in [2.24, 2.45) is 0 Å². The van der Waals surface area contributed by atoms with E-state index in [2.05, 4.69) is 15.7 Å². The maximum Gasteiger partial charge on any atom is 0.320 e. The van der Waals surface area contributed by atoms with Crippen LogP contribution in [0.15, 0.2) is 53.3 Å². The van der Waals surface area contributed by atoms with Crippen LogP contribution in [0.4, 0.5) is 10.6 Å². The Hall–Kier alpha value is -2.86. The monoisotopic (exact) mass is 370 g/mol. The van der Waals surface area contributed by atoms with Crippen molar-refractivity contribution in [2.45, 2.75) is 26.3 Å². The molecule has 1 aromatic heterocycles. The minimum absolute atomic E-state index is 0.273. The molecule has 2 N–H and O–H groups in total. The fraction of sp³-hybridized carbons (Fsp3) is 0.211. The predicted molar refractivity (Wildman–Crippen MR) is 104 cm³/mol. The number of urea groups is 1. The fourth-order valence-electron chi connectivity index (χ4n) is 2.52. The topological polar surface area (TPSA) is 76.0 Å². The Kier molecular flexibility index (Phi) is 4.70. The van der Waals surface area contributed by atoms with Crippen LogP contribution in [-0.4, -0.2) is 21.4 Å². The Morgan fingerprint density at radius 3 is 2.27 bits per heavy atom. The summed E-state index contributed by atoms with van der Waals surface area (Å²) in [5, 5.41) is 11.5. The molecular formula is C19H19ClN4O2. The largest absolute Gasteiger partial charge is 0.333 e. The molecule has 1 heterocycles. The van der Waals surface area contributed by atoms with Gasteiger partial charge in [0.05, 0.1) is 11.1 Å². The summed E-state index contributed by atoms with van der Waals surface area (Å²) in [4.78, 5) is 25.1. The third-order valence-electron chi connectivity index (χ3n) is 3.60. The molecule has 7 heteroatoms. The lowest BCUT2D eigenvalue weighted by Crippen LogP contribution is -2.43. The molecule has 0 bridgehead atoms. The van der Waals surface area contributed by atoms with Crippen molar-refractivity contribution >= 4 is 34.2 Å². The van der Waals surface area contributed by atoms with E-state index in [1.54, 1.807) is 48.5 Å². The third kappa shape index (κ3) is 3.86. The molecule has 6 nitrogen and oxygen atoms in total. The molecule has 0 saturated carbocycles. The number of carbonyl (C=O) groups excluding carboxylic acids is 1. The van der Waals surface area contributed by atoms with Crippen molar-refractivity contribution in [3.05, 3.63) is 63.9 Å². The summed E-state index contributed by atoms with van der Waals surface area (Å²) in [5.74, 6) is 0.303. The molecule has 0 spiro atoms. The van der Waals surface area contributed by atoms with Gasteiger partial charge in [-0.25, -0.2) is 4.79 Å². The highest BCUT2D eigenvalue weighted by atomic mass is 35.5. The van der Waals surface area contributed by atoms with Crippen molar-refractivity contribution < 1.29 is 4.79 Å². The van der Waals surface area contributed by atoms with Gasteiger partial charge < -0.3 is 5.32 Å². The first-order valence-corrected chi connectivity index (χ1v) is 8.49. The molecule has 0 aliphatic heterocycles. The molecule has 0 saturated heterocycles. The lowest BCUT2D eigenvalue weighted by Gasteiger charge is -2.21. The summed E-state index contributed by atoms with van der Waals surface area (Å²) in [7, 11) is 0. The van der Waals surface area contributed by atoms with Gasteiger partial charge in [-0.05, 0) is 51.1 Å². The van der Waals surface area contributed by atoms with Crippen LogP contribution in [0.2, 0.25) is 5.02 Å². The zero-order valence-corrected chi connectivity index (χ0v) is 15.5. The first-order valence-electron chi connectivity index (χ1n) is 8.12. The number of benzene rings is 2. The third-order valence-corrected chi connectivity index (χ3v) is 3.85. The quantitative estimate of drug-likeness (QED) is 0.716. The molecule has 0 unspecified atom stereocenters. The average molecular weight is 371 g/mol.